The van der Waals surface area contributed by atoms with Crippen molar-refractivity contribution in [3.8, 4) is 0 Å². The van der Waals surface area contributed by atoms with E-state index in [2.05, 4.69) is 20.3 Å². The van der Waals surface area contributed by atoms with Gasteiger partial charge in [0.25, 0.3) is 0 Å². The summed E-state index contributed by atoms with van der Waals surface area (Å²) in [5.41, 5.74) is 4.15. The van der Waals surface area contributed by atoms with Crippen LogP contribution in [0.3, 0.4) is 0 Å². The molecule has 3 heterocycles. The number of rotatable bonds is 4. The van der Waals surface area contributed by atoms with E-state index in [4.69, 9.17) is 0 Å². The second kappa shape index (κ2) is 5.95. The SMILES string of the molecule is CNC(=O)CC1CN(Cc2scnc2C)Cc2ccnn21. The highest BCUT2D eigenvalue weighted by Crippen LogP contribution is 2.25. The second-order valence-electron chi connectivity index (χ2n) is 5.33. The Hall–Kier alpha value is -1.73. The van der Waals surface area contributed by atoms with Crippen molar-refractivity contribution in [2.75, 3.05) is 13.6 Å². The Morgan fingerprint density at radius 3 is 3.14 bits per heavy atom. The van der Waals surface area contributed by atoms with E-state index in [1.54, 1.807) is 18.4 Å². The summed E-state index contributed by atoms with van der Waals surface area (Å²) in [4.78, 5) is 19.7. The van der Waals surface area contributed by atoms with Gasteiger partial charge < -0.3 is 5.32 Å². The third-order valence-electron chi connectivity index (χ3n) is 3.86. The molecule has 2 aromatic heterocycles. The number of hydrogen-bond acceptors (Lipinski definition) is 5. The molecule has 1 aliphatic heterocycles. The molecule has 112 valence electrons. The first kappa shape index (κ1) is 14.2. The van der Waals surface area contributed by atoms with Crippen LogP contribution in [0.4, 0.5) is 0 Å². The van der Waals surface area contributed by atoms with Crippen LogP contribution in [0.25, 0.3) is 0 Å². The first-order valence-electron chi connectivity index (χ1n) is 7.01. The van der Waals surface area contributed by atoms with E-state index in [-0.39, 0.29) is 11.9 Å². The van der Waals surface area contributed by atoms with Gasteiger partial charge in [-0.1, -0.05) is 0 Å². The molecule has 0 spiro atoms. The zero-order valence-electron chi connectivity index (χ0n) is 12.2. The molecule has 0 saturated heterocycles. The van der Waals surface area contributed by atoms with Crippen molar-refractivity contribution in [1.29, 1.82) is 0 Å². The Morgan fingerprint density at radius 2 is 2.43 bits per heavy atom. The molecular formula is C14H19N5OS. The molecule has 21 heavy (non-hydrogen) atoms. The fourth-order valence-corrected chi connectivity index (χ4v) is 3.55. The number of aryl methyl sites for hydroxylation is 1. The standard InChI is InChI=1S/C14H19N5OS/c1-10-13(21-9-16-10)8-18-6-11-3-4-17-19(11)12(7-18)5-14(20)15-2/h3-4,9,12H,5-8H2,1-2H3,(H,15,20). The molecule has 0 fully saturated rings. The van der Waals surface area contributed by atoms with Crippen LogP contribution in [0, 0.1) is 6.92 Å². The molecule has 7 heteroatoms. The van der Waals surface area contributed by atoms with Gasteiger partial charge in [0, 0.05) is 37.8 Å². The van der Waals surface area contributed by atoms with Gasteiger partial charge in [-0.3, -0.25) is 14.4 Å². The lowest BCUT2D eigenvalue weighted by molar-refractivity contribution is -0.121. The Kier molecular flexibility index (Phi) is 4.03. The number of hydrogen-bond donors (Lipinski definition) is 1. The molecule has 0 aromatic carbocycles. The van der Waals surface area contributed by atoms with Gasteiger partial charge in [0.15, 0.2) is 0 Å². The van der Waals surface area contributed by atoms with Crippen LogP contribution in [0.15, 0.2) is 17.8 Å². The zero-order valence-corrected chi connectivity index (χ0v) is 13.1. The summed E-state index contributed by atoms with van der Waals surface area (Å²) >= 11 is 1.69. The van der Waals surface area contributed by atoms with E-state index in [0.29, 0.717) is 6.42 Å². The van der Waals surface area contributed by atoms with Crippen molar-refractivity contribution >= 4 is 17.2 Å². The number of nitrogens with one attached hydrogen (secondary N) is 1. The predicted octanol–water partition coefficient (Wildman–Crippen LogP) is 1.34. The van der Waals surface area contributed by atoms with Gasteiger partial charge in [0.05, 0.1) is 29.4 Å². The number of thiazole rings is 1. The Bertz CT molecular complexity index is 635. The van der Waals surface area contributed by atoms with E-state index in [9.17, 15) is 4.79 Å². The number of nitrogens with zero attached hydrogens (tertiary/aromatic N) is 4. The number of fused-ring (bicyclic) bond motifs is 1. The first-order valence-corrected chi connectivity index (χ1v) is 7.89. The van der Waals surface area contributed by atoms with Crippen molar-refractivity contribution in [2.24, 2.45) is 0 Å². The maximum atomic E-state index is 11.7. The molecular weight excluding hydrogens is 286 g/mol. The number of aromatic nitrogens is 3. The summed E-state index contributed by atoms with van der Waals surface area (Å²) in [6, 6.07) is 2.12. The van der Waals surface area contributed by atoms with E-state index >= 15 is 0 Å². The van der Waals surface area contributed by atoms with Crippen LogP contribution in [-0.2, 0) is 17.9 Å². The van der Waals surface area contributed by atoms with E-state index < -0.39 is 0 Å². The third-order valence-corrected chi connectivity index (χ3v) is 4.78. The van der Waals surface area contributed by atoms with Gasteiger partial charge >= 0.3 is 0 Å². The number of amides is 1. The quantitative estimate of drug-likeness (QED) is 0.926. The average Bonchev–Trinajstić information content (AvgIpc) is 3.08. The molecule has 1 unspecified atom stereocenters. The molecule has 0 radical (unpaired) electrons. The summed E-state index contributed by atoms with van der Waals surface area (Å²) in [5.74, 6) is 0.0530. The Morgan fingerprint density at radius 1 is 1.57 bits per heavy atom. The highest BCUT2D eigenvalue weighted by atomic mass is 32.1. The van der Waals surface area contributed by atoms with Crippen molar-refractivity contribution in [1.82, 2.24) is 25.0 Å². The molecule has 3 rings (SSSR count). The summed E-state index contributed by atoms with van der Waals surface area (Å²) < 4.78 is 1.99. The van der Waals surface area contributed by atoms with Gasteiger partial charge in [-0.25, -0.2) is 4.98 Å². The molecule has 0 saturated carbocycles. The molecule has 1 N–H and O–H groups in total. The monoisotopic (exact) mass is 305 g/mol. The normalized spacial score (nSPS) is 18.5. The summed E-state index contributed by atoms with van der Waals surface area (Å²) in [7, 11) is 1.67. The van der Waals surface area contributed by atoms with E-state index in [0.717, 1.165) is 31.0 Å². The van der Waals surface area contributed by atoms with Crippen LogP contribution >= 0.6 is 11.3 Å². The lowest BCUT2D eigenvalue weighted by Gasteiger charge is -2.33. The van der Waals surface area contributed by atoms with Crippen molar-refractivity contribution in [3.05, 3.63) is 34.0 Å². The van der Waals surface area contributed by atoms with Crippen LogP contribution in [0.2, 0.25) is 0 Å². The van der Waals surface area contributed by atoms with Crippen molar-refractivity contribution in [2.45, 2.75) is 32.5 Å². The fraction of sp³-hybridized carbons (Fsp3) is 0.500. The van der Waals surface area contributed by atoms with Gasteiger partial charge in [0.1, 0.15) is 0 Å². The summed E-state index contributed by atoms with van der Waals surface area (Å²) in [5, 5.41) is 7.07. The molecule has 0 aliphatic carbocycles. The van der Waals surface area contributed by atoms with Crippen molar-refractivity contribution in [3.63, 3.8) is 0 Å². The van der Waals surface area contributed by atoms with Crippen LogP contribution in [0.5, 0.6) is 0 Å². The molecule has 6 nitrogen and oxygen atoms in total. The van der Waals surface area contributed by atoms with Crippen LogP contribution in [-0.4, -0.2) is 39.2 Å². The predicted molar refractivity (Wildman–Crippen MR) is 80.9 cm³/mol. The topological polar surface area (TPSA) is 63.1 Å². The van der Waals surface area contributed by atoms with Crippen molar-refractivity contribution < 1.29 is 4.79 Å². The minimum Gasteiger partial charge on any atom is -0.359 e. The molecule has 0 bridgehead atoms. The number of carbonyl (C=O) groups is 1. The van der Waals surface area contributed by atoms with Gasteiger partial charge in [-0.15, -0.1) is 11.3 Å². The first-order chi connectivity index (χ1) is 10.2. The van der Waals surface area contributed by atoms with E-state index in [1.807, 2.05) is 29.4 Å². The lowest BCUT2D eigenvalue weighted by Crippen LogP contribution is -2.39. The summed E-state index contributed by atoms with van der Waals surface area (Å²) in [6.07, 6.45) is 2.27. The van der Waals surface area contributed by atoms with Gasteiger partial charge in [0.2, 0.25) is 5.91 Å². The minimum absolute atomic E-state index is 0.0530. The highest BCUT2D eigenvalue weighted by molar-refractivity contribution is 7.09. The second-order valence-corrected chi connectivity index (χ2v) is 6.27. The molecule has 1 amide bonds. The lowest BCUT2D eigenvalue weighted by atomic mass is 10.1. The van der Waals surface area contributed by atoms with E-state index in [1.165, 1.54) is 4.88 Å². The largest absolute Gasteiger partial charge is 0.359 e. The molecule has 2 aromatic rings. The fourth-order valence-electron chi connectivity index (χ4n) is 2.73. The van der Waals surface area contributed by atoms with Gasteiger partial charge in [-0.05, 0) is 13.0 Å². The maximum absolute atomic E-state index is 11.7. The average molecular weight is 305 g/mol. The van der Waals surface area contributed by atoms with Crippen LogP contribution in [0.1, 0.15) is 28.7 Å². The zero-order chi connectivity index (χ0) is 14.8. The minimum atomic E-state index is 0.0530. The highest BCUT2D eigenvalue weighted by Gasteiger charge is 2.27. The van der Waals surface area contributed by atoms with Gasteiger partial charge in [-0.2, -0.15) is 5.10 Å². The Balaban J connectivity index is 1.77. The third kappa shape index (κ3) is 2.98. The molecule has 1 aliphatic rings. The van der Waals surface area contributed by atoms with Crippen LogP contribution < -0.4 is 5.32 Å². The Labute approximate surface area is 127 Å². The summed E-state index contributed by atoms with van der Waals surface area (Å²) in [6.45, 7) is 4.62. The maximum Gasteiger partial charge on any atom is 0.221 e. The number of carbonyl (C=O) groups excluding carboxylic acids is 1. The smallest absolute Gasteiger partial charge is 0.221 e. The molecule has 1 atom stereocenters.